The number of rotatable bonds is 5. The van der Waals surface area contributed by atoms with Crippen molar-refractivity contribution in [3.63, 3.8) is 0 Å². The summed E-state index contributed by atoms with van der Waals surface area (Å²) in [5.74, 6) is 3.67. The summed E-state index contributed by atoms with van der Waals surface area (Å²) in [7, 11) is 6.12. The number of hydrogen-bond donors (Lipinski definition) is 2. The monoisotopic (exact) mass is 398 g/mol. The number of aliphatic hydroxyl groups is 2. The number of hydrogen-bond acceptors (Lipinski definition) is 2. The van der Waals surface area contributed by atoms with Crippen LogP contribution in [0, 0.1) is 40.4 Å². The molecule has 3 saturated carbocycles. The van der Waals surface area contributed by atoms with Gasteiger partial charge in [-0.1, -0.05) is 45.8 Å². The maximum absolute atomic E-state index is 10.4. The molecule has 0 aromatic rings. The highest BCUT2D eigenvalue weighted by atomic mass is 16.3. The third-order valence-corrected chi connectivity index (χ3v) is 10.2. The van der Waals surface area contributed by atoms with Crippen molar-refractivity contribution in [3.05, 3.63) is 11.6 Å². The first-order valence-electron chi connectivity index (χ1n) is 12.5. The molecule has 0 amide bonds. The van der Waals surface area contributed by atoms with Crippen LogP contribution in [-0.4, -0.2) is 29.7 Å². The minimum atomic E-state index is -0.986. The van der Waals surface area contributed by atoms with E-state index in [0.717, 1.165) is 42.9 Å². The van der Waals surface area contributed by atoms with Gasteiger partial charge in [0.25, 0.3) is 0 Å². The molecule has 4 aliphatic rings. The Hall–Kier alpha value is -0.275. The first-order chi connectivity index (χ1) is 13.6. The molecule has 0 aliphatic heterocycles. The van der Waals surface area contributed by atoms with E-state index in [-0.39, 0.29) is 11.5 Å². The van der Waals surface area contributed by atoms with Gasteiger partial charge in [-0.15, -0.1) is 0 Å². The molecule has 4 rings (SSSR count). The third-order valence-electron chi connectivity index (χ3n) is 10.2. The van der Waals surface area contributed by atoms with Gasteiger partial charge in [-0.3, -0.25) is 0 Å². The van der Waals surface area contributed by atoms with E-state index in [2.05, 4.69) is 33.8 Å². The predicted octanol–water partition coefficient (Wildman–Crippen LogP) is 5.61. The minimum absolute atomic E-state index is 0.134. The number of aliphatic hydroxyl groups excluding tert-OH is 1. The van der Waals surface area contributed by atoms with Gasteiger partial charge in [-0.05, 0) is 105 Å². The lowest BCUT2D eigenvalue weighted by Gasteiger charge is -2.59. The molecule has 29 heavy (non-hydrogen) atoms. The summed E-state index contributed by atoms with van der Waals surface area (Å²) in [5, 5.41) is 20.6. The number of fused-ring (bicyclic) bond motifs is 5. The Morgan fingerprint density at radius 3 is 2.59 bits per heavy atom. The normalized spacial score (nSPS) is 47.9. The van der Waals surface area contributed by atoms with Gasteiger partial charge in [-0.2, -0.15) is 0 Å². The quantitative estimate of drug-likeness (QED) is 0.467. The molecule has 0 aromatic carbocycles. The van der Waals surface area contributed by atoms with Crippen LogP contribution in [0.1, 0.15) is 98.3 Å². The Bertz CT molecular complexity index is 641. The van der Waals surface area contributed by atoms with Crippen LogP contribution >= 0.6 is 0 Å². The highest BCUT2D eigenvalue weighted by molar-refractivity contribution is 6.14. The van der Waals surface area contributed by atoms with Gasteiger partial charge in [0.1, 0.15) is 7.85 Å². The molecule has 7 unspecified atom stereocenters. The van der Waals surface area contributed by atoms with Crippen molar-refractivity contribution >= 4 is 7.85 Å². The van der Waals surface area contributed by atoms with E-state index in [9.17, 15) is 10.2 Å². The molecule has 3 heteroatoms. The Labute approximate surface area is 180 Å². The molecule has 4 aliphatic carbocycles. The Kier molecular flexibility index (Phi) is 5.82. The highest BCUT2D eigenvalue weighted by Crippen LogP contribution is 2.67. The van der Waals surface area contributed by atoms with Crippen LogP contribution in [0.4, 0.5) is 0 Å². The van der Waals surface area contributed by atoms with Gasteiger partial charge in [-0.25, -0.2) is 0 Å². The summed E-state index contributed by atoms with van der Waals surface area (Å²) in [5.41, 5.74) is 1.22. The average Bonchev–Trinajstić information content (AvgIpc) is 2.98. The van der Waals surface area contributed by atoms with Crippen LogP contribution in [-0.2, 0) is 0 Å². The summed E-state index contributed by atoms with van der Waals surface area (Å²) in [6.07, 6.45) is 15.0. The highest BCUT2D eigenvalue weighted by Gasteiger charge is 2.58. The summed E-state index contributed by atoms with van der Waals surface area (Å²) in [6.45, 7) is 9.33. The van der Waals surface area contributed by atoms with Crippen molar-refractivity contribution in [2.24, 2.45) is 40.4 Å². The second kappa shape index (κ2) is 7.70. The Balaban J connectivity index is 1.46. The van der Waals surface area contributed by atoms with Gasteiger partial charge in [0.15, 0.2) is 0 Å². The van der Waals surface area contributed by atoms with Crippen LogP contribution in [0.2, 0.25) is 0 Å². The molecule has 3 fully saturated rings. The van der Waals surface area contributed by atoms with E-state index in [1.807, 2.05) is 0 Å². The fraction of sp³-hybridized carbons (Fsp3) is 0.923. The molecule has 2 N–H and O–H groups in total. The van der Waals surface area contributed by atoms with Gasteiger partial charge in [0.05, 0.1) is 6.10 Å². The van der Waals surface area contributed by atoms with E-state index in [1.54, 1.807) is 0 Å². The standard InChI is InChI=1S/C26H43BO2/c1-17(2)23(28)7-5-6-18-9-11-21-20-10-8-19-16-26(27,29)15-14-25(19,4)22(20)12-13-24(18,21)3/h8,17-18,20-23,28-29H,5-7,9-16H2,1-4H3/t18?,20?,21?,22?,23?,24?,25?,26-/m0/s1. The molecule has 0 saturated heterocycles. The fourth-order valence-corrected chi connectivity index (χ4v) is 8.16. The molecule has 0 heterocycles. The second-order valence-corrected chi connectivity index (χ2v) is 12.1. The average molecular weight is 398 g/mol. The van der Waals surface area contributed by atoms with Crippen molar-refractivity contribution in [3.8, 4) is 0 Å². The van der Waals surface area contributed by atoms with E-state index in [0.29, 0.717) is 17.8 Å². The molecule has 162 valence electrons. The lowest BCUT2D eigenvalue weighted by Crippen LogP contribution is -2.52. The third kappa shape index (κ3) is 3.77. The van der Waals surface area contributed by atoms with Crippen molar-refractivity contribution in [1.82, 2.24) is 0 Å². The van der Waals surface area contributed by atoms with Crippen LogP contribution in [0.5, 0.6) is 0 Å². The summed E-state index contributed by atoms with van der Waals surface area (Å²) in [6, 6.07) is 0. The van der Waals surface area contributed by atoms with Crippen LogP contribution in [0.3, 0.4) is 0 Å². The van der Waals surface area contributed by atoms with Crippen LogP contribution in [0.25, 0.3) is 0 Å². The molecule has 0 aromatic heterocycles. The van der Waals surface area contributed by atoms with Gasteiger partial charge < -0.3 is 10.2 Å². The zero-order valence-corrected chi connectivity index (χ0v) is 19.3. The maximum Gasteiger partial charge on any atom is 0.113 e. The molecule has 8 atom stereocenters. The van der Waals surface area contributed by atoms with E-state index in [1.165, 1.54) is 50.5 Å². The molecular weight excluding hydrogens is 355 g/mol. The molecule has 0 spiro atoms. The molecule has 0 bridgehead atoms. The lowest BCUT2D eigenvalue weighted by atomic mass is 9.45. The zero-order valence-electron chi connectivity index (χ0n) is 19.3. The SMILES string of the molecule is [B][C@]1(O)CCC2(C)C(=CCC3C2CCC2(C)C(CCCC(O)C(C)C)CCC32)C1. The Morgan fingerprint density at radius 2 is 1.86 bits per heavy atom. The first-order valence-corrected chi connectivity index (χ1v) is 12.5. The smallest absolute Gasteiger partial charge is 0.113 e. The predicted molar refractivity (Wildman–Crippen MR) is 121 cm³/mol. The van der Waals surface area contributed by atoms with Gasteiger partial charge in [0.2, 0.25) is 0 Å². The van der Waals surface area contributed by atoms with Crippen molar-refractivity contribution in [2.45, 2.75) is 110 Å². The largest absolute Gasteiger partial charge is 0.399 e. The van der Waals surface area contributed by atoms with E-state index in [4.69, 9.17) is 7.85 Å². The van der Waals surface area contributed by atoms with Crippen molar-refractivity contribution < 1.29 is 10.2 Å². The van der Waals surface area contributed by atoms with Crippen LogP contribution < -0.4 is 0 Å². The molecular formula is C26H43BO2. The van der Waals surface area contributed by atoms with E-state index < -0.39 is 5.50 Å². The summed E-state index contributed by atoms with van der Waals surface area (Å²) < 4.78 is 0. The fourth-order valence-electron chi connectivity index (χ4n) is 8.16. The van der Waals surface area contributed by atoms with Crippen LogP contribution in [0.15, 0.2) is 11.6 Å². The maximum atomic E-state index is 10.4. The molecule has 2 nitrogen and oxygen atoms in total. The number of allylic oxidation sites excluding steroid dienone is 1. The van der Waals surface area contributed by atoms with E-state index >= 15 is 0 Å². The summed E-state index contributed by atoms with van der Waals surface area (Å²) in [4.78, 5) is 0. The van der Waals surface area contributed by atoms with Crippen molar-refractivity contribution in [1.29, 1.82) is 0 Å². The molecule has 2 radical (unpaired) electrons. The van der Waals surface area contributed by atoms with Crippen molar-refractivity contribution in [2.75, 3.05) is 0 Å². The zero-order chi connectivity index (χ0) is 21.0. The first kappa shape index (κ1) is 21.9. The second-order valence-electron chi connectivity index (χ2n) is 12.1. The Morgan fingerprint density at radius 1 is 1.10 bits per heavy atom. The van der Waals surface area contributed by atoms with Gasteiger partial charge in [0, 0.05) is 5.50 Å². The van der Waals surface area contributed by atoms with Gasteiger partial charge >= 0.3 is 0 Å². The lowest BCUT2D eigenvalue weighted by molar-refractivity contribution is -0.0556. The summed E-state index contributed by atoms with van der Waals surface area (Å²) >= 11 is 0. The minimum Gasteiger partial charge on any atom is -0.399 e. The topological polar surface area (TPSA) is 40.5 Å².